The molecule has 0 heterocycles. The van der Waals surface area contributed by atoms with Gasteiger partial charge in [-0.15, -0.1) is 0 Å². The second-order valence-electron chi connectivity index (χ2n) is 4.69. The van der Waals surface area contributed by atoms with Crippen LogP contribution in [0.25, 0.3) is 0 Å². The van der Waals surface area contributed by atoms with Crippen LogP contribution in [-0.4, -0.2) is 6.54 Å². The van der Waals surface area contributed by atoms with Gasteiger partial charge in [0.15, 0.2) is 0 Å². The van der Waals surface area contributed by atoms with Gasteiger partial charge in [0, 0.05) is 15.5 Å². The molecule has 1 nitrogen and oxygen atoms in total. The Morgan fingerprint density at radius 1 is 1.24 bits per heavy atom. The first-order valence-electron chi connectivity index (χ1n) is 6.64. The lowest BCUT2D eigenvalue weighted by atomic mass is 9.98. The minimum absolute atomic E-state index is 0.00116. The minimum atomic E-state index is -0.252. The Morgan fingerprint density at radius 2 is 2.00 bits per heavy atom. The second kappa shape index (κ2) is 7.73. The number of nitrogens with one attached hydrogen (secondary N) is 1. The molecular formula is C16H15Br2ClFN. The van der Waals surface area contributed by atoms with Crippen molar-refractivity contribution in [3.63, 3.8) is 0 Å². The summed E-state index contributed by atoms with van der Waals surface area (Å²) in [7, 11) is 0. The van der Waals surface area contributed by atoms with Crippen molar-refractivity contribution in [3.05, 3.63) is 67.3 Å². The maximum absolute atomic E-state index is 13.7. The number of benzene rings is 2. The smallest absolute Gasteiger partial charge is 0.137 e. The second-order valence-corrected chi connectivity index (χ2v) is 6.81. The maximum Gasteiger partial charge on any atom is 0.137 e. The quantitative estimate of drug-likeness (QED) is 0.617. The molecule has 0 spiro atoms. The molecule has 1 atom stereocenters. The fraction of sp³-hybridized carbons (Fsp3) is 0.250. The average molecular weight is 436 g/mol. The zero-order chi connectivity index (χ0) is 15.4. The maximum atomic E-state index is 13.7. The summed E-state index contributed by atoms with van der Waals surface area (Å²) in [6.07, 6.45) is 0.696. The van der Waals surface area contributed by atoms with Crippen LogP contribution in [0.2, 0.25) is 5.02 Å². The molecule has 2 rings (SSSR count). The lowest BCUT2D eigenvalue weighted by Crippen LogP contribution is -2.23. The van der Waals surface area contributed by atoms with E-state index in [9.17, 15) is 4.39 Å². The third kappa shape index (κ3) is 4.28. The van der Waals surface area contributed by atoms with Gasteiger partial charge in [-0.05, 0) is 58.2 Å². The molecule has 1 unspecified atom stereocenters. The molecule has 0 aliphatic carbocycles. The van der Waals surface area contributed by atoms with Crippen LogP contribution in [0.5, 0.6) is 0 Å². The van der Waals surface area contributed by atoms with Gasteiger partial charge in [-0.3, -0.25) is 0 Å². The Kier molecular flexibility index (Phi) is 6.23. The Labute approximate surface area is 146 Å². The molecular weight excluding hydrogens is 420 g/mol. The molecule has 0 fully saturated rings. The van der Waals surface area contributed by atoms with Gasteiger partial charge in [0.1, 0.15) is 5.82 Å². The van der Waals surface area contributed by atoms with E-state index in [1.165, 1.54) is 6.07 Å². The van der Waals surface area contributed by atoms with Crippen molar-refractivity contribution in [3.8, 4) is 0 Å². The Balaban J connectivity index is 2.33. The summed E-state index contributed by atoms with van der Waals surface area (Å²) in [6, 6.07) is 10.9. The van der Waals surface area contributed by atoms with Gasteiger partial charge in [-0.1, -0.05) is 52.7 Å². The highest BCUT2D eigenvalue weighted by Crippen LogP contribution is 2.31. The molecule has 0 bridgehead atoms. The van der Waals surface area contributed by atoms with E-state index in [2.05, 4.69) is 37.2 Å². The van der Waals surface area contributed by atoms with E-state index in [1.807, 2.05) is 31.2 Å². The topological polar surface area (TPSA) is 12.0 Å². The van der Waals surface area contributed by atoms with Crippen LogP contribution in [0.4, 0.5) is 4.39 Å². The summed E-state index contributed by atoms with van der Waals surface area (Å²) in [4.78, 5) is 0. The largest absolute Gasteiger partial charge is 0.310 e. The highest BCUT2D eigenvalue weighted by atomic mass is 79.9. The first kappa shape index (κ1) is 16.9. The van der Waals surface area contributed by atoms with E-state index >= 15 is 0 Å². The molecule has 5 heteroatoms. The van der Waals surface area contributed by atoms with Gasteiger partial charge in [0.2, 0.25) is 0 Å². The van der Waals surface area contributed by atoms with Crippen molar-refractivity contribution in [2.45, 2.75) is 19.4 Å². The van der Waals surface area contributed by atoms with Crippen LogP contribution >= 0.6 is 43.5 Å². The van der Waals surface area contributed by atoms with Crippen molar-refractivity contribution in [2.75, 3.05) is 6.54 Å². The molecule has 0 aromatic heterocycles. The fourth-order valence-corrected chi connectivity index (χ4v) is 3.53. The molecule has 0 aliphatic rings. The van der Waals surface area contributed by atoms with Crippen molar-refractivity contribution in [1.82, 2.24) is 5.32 Å². The summed E-state index contributed by atoms with van der Waals surface area (Å²) in [5.74, 6) is -0.252. The van der Waals surface area contributed by atoms with Crippen molar-refractivity contribution < 1.29 is 4.39 Å². The van der Waals surface area contributed by atoms with Gasteiger partial charge in [-0.2, -0.15) is 0 Å². The summed E-state index contributed by atoms with van der Waals surface area (Å²) in [6.45, 7) is 2.82. The highest BCUT2D eigenvalue weighted by Gasteiger charge is 2.17. The van der Waals surface area contributed by atoms with Crippen molar-refractivity contribution in [2.24, 2.45) is 0 Å². The van der Waals surface area contributed by atoms with Crippen molar-refractivity contribution in [1.29, 1.82) is 0 Å². The third-order valence-corrected chi connectivity index (χ3v) is 4.93. The van der Waals surface area contributed by atoms with Crippen LogP contribution in [0.1, 0.15) is 24.1 Å². The number of hydrogen-bond donors (Lipinski definition) is 1. The standard InChI is InChI=1S/C16H15Br2ClFN/c1-2-21-15(12-4-3-5-14(20)16(12)18)8-10-6-7-11(17)9-13(10)19/h3-7,9,15,21H,2,8H2,1H3. The molecule has 2 aromatic rings. The molecule has 2 aromatic carbocycles. The first-order chi connectivity index (χ1) is 10.0. The van der Waals surface area contributed by atoms with Crippen LogP contribution in [0.3, 0.4) is 0 Å². The minimum Gasteiger partial charge on any atom is -0.310 e. The van der Waals surface area contributed by atoms with E-state index in [4.69, 9.17) is 11.6 Å². The molecule has 21 heavy (non-hydrogen) atoms. The van der Waals surface area contributed by atoms with Crippen LogP contribution in [0.15, 0.2) is 45.3 Å². The molecule has 0 saturated carbocycles. The lowest BCUT2D eigenvalue weighted by molar-refractivity contribution is 0.539. The Hall–Kier alpha value is -0.420. The van der Waals surface area contributed by atoms with E-state index < -0.39 is 0 Å². The van der Waals surface area contributed by atoms with Crippen LogP contribution in [-0.2, 0) is 6.42 Å². The summed E-state index contributed by atoms with van der Waals surface area (Å²) < 4.78 is 15.2. The third-order valence-electron chi connectivity index (χ3n) is 3.25. The average Bonchev–Trinajstić information content (AvgIpc) is 2.44. The zero-order valence-electron chi connectivity index (χ0n) is 11.5. The lowest BCUT2D eigenvalue weighted by Gasteiger charge is -2.21. The SMILES string of the molecule is CCNC(Cc1ccc(Br)cc1Cl)c1cccc(F)c1Br. The highest BCUT2D eigenvalue weighted by molar-refractivity contribution is 9.10. The molecule has 0 aliphatic heterocycles. The number of halogens is 4. The fourth-order valence-electron chi connectivity index (χ4n) is 2.24. The van der Waals surface area contributed by atoms with Gasteiger partial charge in [0.05, 0.1) is 4.47 Å². The van der Waals surface area contributed by atoms with E-state index in [0.29, 0.717) is 15.9 Å². The van der Waals surface area contributed by atoms with Crippen LogP contribution < -0.4 is 5.32 Å². The predicted molar refractivity (Wildman–Crippen MR) is 93.4 cm³/mol. The summed E-state index contributed by atoms with van der Waals surface area (Å²) in [5.41, 5.74) is 1.93. The molecule has 112 valence electrons. The van der Waals surface area contributed by atoms with Gasteiger partial charge in [-0.25, -0.2) is 4.39 Å². The number of rotatable bonds is 5. The van der Waals surface area contributed by atoms with E-state index in [1.54, 1.807) is 6.07 Å². The Bertz CT molecular complexity index is 634. The monoisotopic (exact) mass is 433 g/mol. The Morgan fingerprint density at radius 3 is 2.67 bits per heavy atom. The summed E-state index contributed by atoms with van der Waals surface area (Å²) in [5, 5.41) is 4.10. The van der Waals surface area contributed by atoms with Gasteiger partial charge < -0.3 is 5.32 Å². The molecule has 1 N–H and O–H groups in total. The molecule has 0 saturated heterocycles. The number of hydrogen-bond acceptors (Lipinski definition) is 1. The van der Waals surface area contributed by atoms with Crippen LogP contribution in [0, 0.1) is 5.82 Å². The molecule has 0 radical (unpaired) electrons. The molecule has 0 amide bonds. The van der Waals surface area contributed by atoms with Gasteiger partial charge >= 0.3 is 0 Å². The summed E-state index contributed by atoms with van der Waals surface area (Å²) >= 11 is 13.0. The predicted octanol–water partition coefficient (Wildman–Crippen LogP) is 5.90. The number of likely N-dealkylation sites (N-methyl/N-ethyl adjacent to an activating group) is 1. The van der Waals surface area contributed by atoms with Gasteiger partial charge in [0.25, 0.3) is 0 Å². The van der Waals surface area contributed by atoms with Crippen molar-refractivity contribution >= 4 is 43.5 Å². The first-order valence-corrected chi connectivity index (χ1v) is 8.60. The zero-order valence-corrected chi connectivity index (χ0v) is 15.4. The van der Waals surface area contributed by atoms with E-state index in [0.717, 1.165) is 22.1 Å². The van der Waals surface area contributed by atoms with E-state index in [-0.39, 0.29) is 11.9 Å². The normalized spacial score (nSPS) is 12.4.